The van der Waals surface area contributed by atoms with Gasteiger partial charge in [0.15, 0.2) is 0 Å². The number of anilines is 2. The highest BCUT2D eigenvalue weighted by Crippen LogP contribution is 2.46. The third kappa shape index (κ3) is 6.03. The Balaban J connectivity index is 1.56. The van der Waals surface area contributed by atoms with Crippen molar-refractivity contribution in [2.75, 3.05) is 42.9 Å². The summed E-state index contributed by atoms with van der Waals surface area (Å²) in [5, 5.41) is 6.65. The van der Waals surface area contributed by atoms with Crippen LogP contribution in [0.5, 0.6) is 0 Å². The summed E-state index contributed by atoms with van der Waals surface area (Å²) in [7, 11) is 0. The number of nitrogens with one attached hydrogen (secondary N) is 2. The molecule has 2 heterocycles. The van der Waals surface area contributed by atoms with Gasteiger partial charge in [0.2, 0.25) is 0 Å². The van der Waals surface area contributed by atoms with Gasteiger partial charge in [-0.2, -0.15) is 13.2 Å². The quantitative estimate of drug-likeness (QED) is 0.330. The topological polar surface area (TPSA) is 27.3 Å². The average molecular weight is 492 g/mol. The van der Waals surface area contributed by atoms with E-state index in [9.17, 15) is 13.2 Å². The van der Waals surface area contributed by atoms with Crippen molar-refractivity contribution in [1.29, 1.82) is 0 Å². The minimum atomic E-state index is -4.36. The standard InChI is InChI=1S/C27H36F3N3S/c1-4-8-31-9-5-10-32-24-13-21(27(28,29)30)14-26-23(24)12-20-6-7-22(15-25(20)34-26)33-16-18(2)11-19(3)17-33/h6-7,13-15,18-19,31-32H,4-5,8-12,16-17H2,1-3H3. The van der Waals surface area contributed by atoms with Crippen LogP contribution >= 0.6 is 11.8 Å². The fraction of sp³-hybridized carbons (Fsp3) is 0.556. The van der Waals surface area contributed by atoms with E-state index in [0.29, 0.717) is 35.4 Å². The van der Waals surface area contributed by atoms with Gasteiger partial charge in [-0.25, -0.2) is 0 Å². The predicted octanol–water partition coefficient (Wildman–Crippen LogP) is 7.04. The molecule has 1 fully saturated rings. The minimum Gasteiger partial charge on any atom is -0.385 e. The molecule has 0 saturated carbocycles. The fourth-order valence-electron chi connectivity index (χ4n) is 5.14. The van der Waals surface area contributed by atoms with E-state index >= 15 is 0 Å². The number of alkyl halides is 3. The maximum Gasteiger partial charge on any atom is 0.416 e. The first-order chi connectivity index (χ1) is 16.2. The molecular formula is C27H36F3N3S. The molecule has 7 heteroatoms. The molecule has 0 spiro atoms. The highest BCUT2D eigenvalue weighted by Gasteiger charge is 2.33. The largest absolute Gasteiger partial charge is 0.416 e. The Hall–Kier alpha value is -1.86. The van der Waals surface area contributed by atoms with Gasteiger partial charge < -0.3 is 15.5 Å². The number of halogens is 3. The summed E-state index contributed by atoms with van der Waals surface area (Å²) in [6, 6.07) is 9.15. The number of nitrogens with zero attached hydrogens (tertiary/aromatic N) is 1. The van der Waals surface area contributed by atoms with Crippen molar-refractivity contribution in [3.63, 3.8) is 0 Å². The van der Waals surface area contributed by atoms with E-state index in [4.69, 9.17) is 0 Å². The summed E-state index contributed by atoms with van der Waals surface area (Å²) < 4.78 is 41.1. The minimum absolute atomic E-state index is 0.580. The normalized spacial score (nSPS) is 20.1. The van der Waals surface area contributed by atoms with Crippen LogP contribution in [0.25, 0.3) is 0 Å². The zero-order valence-corrected chi connectivity index (χ0v) is 21.2. The third-order valence-electron chi connectivity index (χ3n) is 6.68. The highest BCUT2D eigenvalue weighted by molar-refractivity contribution is 7.99. The average Bonchev–Trinajstić information content (AvgIpc) is 2.78. The van der Waals surface area contributed by atoms with Crippen molar-refractivity contribution in [2.24, 2.45) is 11.8 Å². The molecule has 2 aliphatic heterocycles. The molecule has 4 rings (SSSR count). The first-order valence-electron chi connectivity index (χ1n) is 12.5. The molecular weight excluding hydrogens is 455 g/mol. The van der Waals surface area contributed by atoms with Gasteiger partial charge in [-0.3, -0.25) is 0 Å². The number of rotatable bonds is 8. The van der Waals surface area contributed by atoms with Gasteiger partial charge in [0, 0.05) is 47.2 Å². The molecule has 0 aliphatic carbocycles. The van der Waals surface area contributed by atoms with Crippen LogP contribution in [0.15, 0.2) is 40.1 Å². The second-order valence-corrected chi connectivity index (χ2v) is 11.0. The molecule has 0 amide bonds. The van der Waals surface area contributed by atoms with Crippen molar-refractivity contribution >= 4 is 23.1 Å². The van der Waals surface area contributed by atoms with Gasteiger partial charge in [-0.1, -0.05) is 38.6 Å². The van der Waals surface area contributed by atoms with Crippen LogP contribution in [0.4, 0.5) is 24.5 Å². The Labute approximate surface area is 205 Å². The van der Waals surface area contributed by atoms with Crippen molar-refractivity contribution in [3.05, 3.63) is 47.0 Å². The highest BCUT2D eigenvalue weighted by atomic mass is 32.2. The van der Waals surface area contributed by atoms with Crippen molar-refractivity contribution < 1.29 is 13.2 Å². The Kier molecular flexibility index (Phi) is 8.03. The second kappa shape index (κ2) is 10.8. The molecule has 3 nitrogen and oxygen atoms in total. The molecule has 186 valence electrons. The first-order valence-corrected chi connectivity index (χ1v) is 13.3. The van der Waals surface area contributed by atoms with Gasteiger partial charge in [0.1, 0.15) is 0 Å². The maximum atomic E-state index is 13.7. The Morgan fingerprint density at radius 1 is 1.00 bits per heavy atom. The first kappa shape index (κ1) is 25.2. The van der Waals surface area contributed by atoms with Crippen LogP contribution in [0.2, 0.25) is 0 Å². The molecule has 0 aromatic heterocycles. The number of benzene rings is 2. The number of fused-ring (bicyclic) bond motifs is 2. The summed E-state index contributed by atoms with van der Waals surface area (Å²) in [6.07, 6.45) is -0.530. The van der Waals surface area contributed by atoms with Crippen LogP contribution in [-0.4, -0.2) is 32.7 Å². The summed E-state index contributed by atoms with van der Waals surface area (Å²) in [4.78, 5) is 4.22. The molecule has 0 bridgehead atoms. The molecule has 0 radical (unpaired) electrons. The van der Waals surface area contributed by atoms with E-state index in [0.717, 1.165) is 49.5 Å². The number of hydrogen-bond donors (Lipinski definition) is 2. The molecule has 1 saturated heterocycles. The van der Waals surface area contributed by atoms with Crippen LogP contribution in [0, 0.1) is 11.8 Å². The third-order valence-corrected chi connectivity index (χ3v) is 7.86. The van der Waals surface area contributed by atoms with Crippen LogP contribution in [0.1, 0.15) is 56.7 Å². The molecule has 2 aromatic carbocycles. The summed E-state index contributed by atoms with van der Waals surface area (Å²) in [5.41, 5.74) is 3.37. The monoisotopic (exact) mass is 491 g/mol. The molecule has 2 aliphatic rings. The Morgan fingerprint density at radius 3 is 2.47 bits per heavy atom. The van der Waals surface area contributed by atoms with E-state index in [2.05, 4.69) is 54.5 Å². The van der Waals surface area contributed by atoms with Gasteiger partial charge in [0.25, 0.3) is 0 Å². The fourth-order valence-corrected chi connectivity index (χ4v) is 6.32. The lowest BCUT2D eigenvalue weighted by atomic mass is 9.91. The lowest BCUT2D eigenvalue weighted by Gasteiger charge is -2.37. The van der Waals surface area contributed by atoms with Gasteiger partial charge in [-0.15, -0.1) is 0 Å². The lowest BCUT2D eigenvalue weighted by molar-refractivity contribution is -0.137. The van der Waals surface area contributed by atoms with Gasteiger partial charge in [0.05, 0.1) is 5.56 Å². The molecule has 34 heavy (non-hydrogen) atoms. The van der Waals surface area contributed by atoms with E-state index in [1.54, 1.807) is 0 Å². The van der Waals surface area contributed by atoms with Crippen molar-refractivity contribution in [2.45, 2.75) is 62.4 Å². The number of hydrogen-bond acceptors (Lipinski definition) is 4. The summed E-state index contributed by atoms with van der Waals surface area (Å²) in [6.45, 7) is 11.2. The zero-order valence-electron chi connectivity index (χ0n) is 20.4. The van der Waals surface area contributed by atoms with Crippen LogP contribution < -0.4 is 15.5 Å². The SMILES string of the molecule is CCCNCCCNc1cc(C(F)(F)F)cc2c1Cc1ccc(N3CC(C)CC(C)C3)cc1S2. The molecule has 2 aromatic rings. The molecule has 2 N–H and O–H groups in total. The predicted molar refractivity (Wildman–Crippen MR) is 136 cm³/mol. The second-order valence-electron chi connectivity index (χ2n) is 9.95. The van der Waals surface area contributed by atoms with E-state index in [1.807, 2.05) is 0 Å². The van der Waals surface area contributed by atoms with E-state index in [-0.39, 0.29) is 0 Å². The molecule has 2 atom stereocenters. The van der Waals surface area contributed by atoms with Crippen LogP contribution in [0.3, 0.4) is 0 Å². The summed E-state index contributed by atoms with van der Waals surface area (Å²) in [5.74, 6) is 1.29. The van der Waals surface area contributed by atoms with E-state index < -0.39 is 11.7 Å². The van der Waals surface area contributed by atoms with Gasteiger partial charge >= 0.3 is 6.18 Å². The van der Waals surface area contributed by atoms with E-state index in [1.165, 1.54) is 41.6 Å². The summed E-state index contributed by atoms with van der Waals surface area (Å²) >= 11 is 1.48. The number of piperidine rings is 1. The smallest absolute Gasteiger partial charge is 0.385 e. The Bertz CT molecular complexity index is 982. The van der Waals surface area contributed by atoms with Crippen molar-refractivity contribution in [1.82, 2.24) is 5.32 Å². The van der Waals surface area contributed by atoms with Crippen LogP contribution in [-0.2, 0) is 12.6 Å². The Morgan fingerprint density at radius 2 is 1.76 bits per heavy atom. The zero-order chi connectivity index (χ0) is 24.3. The van der Waals surface area contributed by atoms with Crippen molar-refractivity contribution in [3.8, 4) is 0 Å². The lowest BCUT2D eigenvalue weighted by Crippen LogP contribution is -2.38. The molecule has 2 unspecified atom stereocenters. The van der Waals surface area contributed by atoms with Gasteiger partial charge in [-0.05, 0) is 79.6 Å². The maximum absolute atomic E-state index is 13.7.